The molecule has 1 heterocycles. The SMILES string of the molecule is CC.COCCOCCOCCOc1ccc(C2=NC(C(=O)OC)CS2)c(O)c1. The number of rotatable bonds is 12. The maximum atomic E-state index is 11.5. The van der Waals surface area contributed by atoms with E-state index >= 15 is 0 Å². The number of phenols is 1. The zero-order valence-electron chi connectivity index (χ0n) is 17.5. The van der Waals surface area contributed by atoms with Crippen LogP contribution in [0.4, 0.5) is 0 Å². The maximum absolute atomic E-state index is 11.5. The predicted molar refractivity (Wildman–Crippen MR) is 113 cm³/mol. The largest absolute Gasteiger partial charge is 0.507 e. The molecule has 1 aliphatic rings. The van der Waals surface area contributed by atoms with Crippen LogP contribution in [-0.4, -0.2) is 81.8 Å². The quantitative estimate of drug-likeness (QED) is 0.400. The topological polar surface area (TPSA) is 95.8 Å². The number of aromatic hydroxyl groups is 1. The van der Waals surface area contributed by atoms with Gasteiger partial charge in [-0.3, -0.25) is 4.99 Å². The fourth-order valence-corrected chi connectivity index (χ4v) is 3.30. The molecule has 0 fully saturated rings. The molecular formula is C20H31NO7S. The van der Waals surface area contributed by atoms with Crippen molar-refractivity contribution < 1.29 is 33.6 Å². The summed E-state index contributed by atoms with van der Waals surface area (Å²) in [6.07, 6.45) is 0. The van der Waals surface area contributed by atoms with Crippen molar-refractivity contribution in [3.63, 3.8) is 0 Å². The first-order valence-electron chi connectivity index (χ1n) is 9.54. The van der Waals surface area contributed by atoms with Crippen LogP contribution in [0.25, 0.3) is 0 Å². The van der Waals surface area contributed by atoms with E-state index in [1.807, 2.05) is 13.8 Å². The van der Waals surface area contributed by atoms with E-state index in [9.17, 15) is 9.90 Å². The smallest absolute Gasteiger partial charge is 0.331 e. The first-order chi connectivity index (χ1) is 14.2. The van der Waals surface area contributed by atoms with Crippen molar-refractivity contribution in [2.24, 2.45) is 4.99 Å². The van der Waals surface area contributed by atoms with Gasteiger partial charge in [-0.15, -0.1) is 11.8 Å². The minimum atomic E-state index is -0.527. The van der Waals surface area contributed by atoms with Crippen LogP contribution in [0.1, 0.15) is 19.4 Å². The summed E-state index contributed by atoms with van der Waals surface area (Å²) >= 11 is 1.41. The van der Waals surface area contributed by atoms with E-state index in [0.29, 0.717) is 61.8 Å². The predicted octanol–water partition coefficient (Wildman–Crippen LogP) is 2.51. The highest BCUT2D eigenvalue weighted by molar-refractivity contribution is 8.14. The Hall–Kier alpha value is -1.81. The van der Waals surface area contributed by atoms with E-state index in [1.54, 1.807) is 19.2 Å². The number of methoxy groups -OCH3 is 2. The Morgan fingerprint density at radius 3 is 2.38 bits per heavy atom. The molecule has 8 nitrogen and oxygen atoms in total. The third-order valence-corrected chi connectivity index (χ3v) is 4.71. The van der Waals surface area contributed by atoms with E-state index in [1.165, 1.54) is 24.9 Å². The van der Waals surface area contributed by atoms with Crippen LogP contribution >= 0.6 is 11.8 Å². The Balaban J connectivity index is 0.00000204. The van der Waals surface area contributed by atoms with Crippen LogP contribution in [-0.2, 0) is 23.7 Å². The molecule has 1 unspecified atom stereocenters. The van der Waals surface area contributed by atoms with Crippen molar-refractivity contribution in [3.05, 3.63) is 23.8 Å². The van der Waals surface area contributed by atoms with E-state index in [-0.39, 0.29) is 11.7 Å². The highest BCUT2D eigenvalue weighted by Gasteiger charge is 2.27. The third-order valence-electron chi connectivity index (χ3n) is 3.62. The molecule has 2 rings (SSSR count). The average molecular weight is 430 g/mol. The van der Waals surface area contributed by atoms with Crippen molar-refractivity contribution in [2.75, 3.05) is 59.6 Å². The summed E-state index contributed by atoms with van der Waals surface area (Å²) in [5.74, 6) is 0.716. The summed E-state index contributed by atoms with van der Waals surface area (Å²) in [7, 11) is 2.96. The Bertz CT molecular complexity index is 639. The second kappa shape index (κ2) is 15.1. The highest BCUT2D eigenvalue weighted by Crippen LogP contribution is 2.31. The molecule has 0 bridgehead atoms. The first kappa shape index (κ1) is 25.2. The average Bonchev–Trinajstić information content (AvgIpc) is 3.23. The molecule has 1 aromatic rings. The fraction of sp³-hybridized carbons (Fsp3) is 0.600. The summed E-state index contributed by atoms with van der Waals surface area (Å²) in [6, 6.07) is 4.47. The molecule has 0 radical (unpaired) electrons. The van der Waals surface area contributed by atoms with Gasteiger partial charge in [-0.05, 0) is 12.1 Å². The van der Waals surface area contributed by atoms with Gasteiger partial charge in [0.15, 0.2) is 6.04 Å². The number of ether oxygens (including phenoxy) is 5. The number of esters is 1. The molecule has 0 saturated carbocycles. The minimum absolute atomic E-state index is 0.0525. The van der Waals surface area contributed by atoms with Crippen LogP contribution in [0.15, 0.2) is 23.2 Å². The monoisotopic (exact) mass is 429 g/mol. The molecule has 1 atom stereocenters. The molecular weight excluding hydrogens is 398 g/mol. The standard InChI is InChI=1S/C18H25NO7S.C2H6/c1-22-5-6-24-7-8-25-9-10-26-13-3-4-14(16(20)11-13)17-19-15(12-27-17)18(21)23-2;1-2/h3-4,11,15,20H,5-10,12H2,1-2H3;1-2H3. The lowest BCUT2D eigenvalue weighted by molar-refractivity contribution is -0.141. The maximum Gasteiger partial charge on any atom is 0.331 e. The zero-order chi connectivity index (χ0) is 21.5. The van der Waals surface area contributed by atoms with E-state index in [0.717, 1.165) is 0 Å². The molecule has 0 aliphatic carbocycles. The second-order valence-electron chi connectivity index (χ2n) is 5.53. The third kappa shape index (κ3) is 9.03. The van der Waals surface area contributed by atoms with Gasteiger partial charge in [0.2, 0.25) is 0 Å². The van der Waals surface area contributed by atoms with Gasteiger partial charge in [0.1, 0.15) is 23.1 Å². The summed E-state index contributed by atoms with van der Waals surface area (Å²) in [4.78, 5) is 15.8. The molecule has 1 aromatic carbocycles. The number of aliphatic imine (C=N–C) groups is 1. The Morgan fingerprint density at radius 2 is 1.76 bits per heavy atom. The van der Waals surface area contributed by atoms with Gasteiger partial charge >= 0.3 is 5.97 Å². The summed E-state index contributed by atoms with van der Waals surface area (Å²) in [6.45, 7) is 6.88. The van der Waals surface area contributed by atoms with Crippen molar-refractivity contribution in [1.82, 2.24) is 0 Å². The number of hydrogen-bond donors (Lipinski definition) is 1. The Labute approximate surface area is 176 Å². The molecule has 1 N–H and O–H groups in total. The number of phenolic OH excluding ortho intramolecular Hbond substituents is 1. The first-order valence-corrected chi connectivity index (χ1v) is 10.5. The molecule has 0 spiro atoms. The van der Waals surface area contributed by atoms with Gasteiger partial charge in [0.05, 0.1) is 40.1 Å². The number of benzene rings is 1. The van der Waals surface area contributed by atoms with E-state index in [2.05, 4.69) is 4.99 Å². The molecule has 29 heavy (non-hydrogen) atoms. The molecule has 164 valence electrons. The summed E-state index contributed by atoms with van der Waals surface area (Å²) in [5.41, 5.74) is 0.572. The Kier molecular flexibility index (Phi) is 13.1. The number of thioether (sulfide) groups is 1. The lowest BCUT2D eigenvalue weighted by Gasteiger charge is -2.10. The van der Waals surface area contributed by atoms with Crippen LogP contribution in [0.2, 0.25) is 0 Å². The molecule has 0 amide bonds. The normalized spacial score (nSPS) is 15.3. The van der Waals surface area contributed by atoms with Crippen LogP contribution in [0, 0.1) is 0 Å². The summed E-state index contributed by atoms with van der Waals surface area (Å²) < 4.78 is 25.8. The Morgan fingerprint density at radius 1 is 1.10 bits per heavy atom. The molecule has 0 aromatic heterocycles. The minimum Gasteiger partial charge on any atom is -0.507 e. The molecule has 1 aliphatic heterocycles. The van der Waals surface area contributed by atoms with Gasteiger partial charge in [0, 0.05) is 24.5 Å². The lowest BCUT2D eigenvalue weighted by atomic mass is 10.2. The zero-order valence-corrected chi connectivity index (χ0v) is 18.3. The van der Waals surface area contributed by atoms with Gasteiger partial charge < -0.3 is 28.8 Å². The van der Waals surface area contributed by atoms with Crippen molar-refractivity contribution in [2.45, 2.75) is 19.9 Å². The number of nitrogens with zero attached hydrogens (tertiary/aromatic N) is 1. The van der Waals surface area contributed by atoms with Gasteiger partial charge in [-0.2, -0.15) is 0 Å². The van der Waals surface area contributed by atoms with Crippen LogP contribution in [0.5, 0.6) is 11.5 Å². The molecule has 0 saturated heterocycles. The van der Waals surface area contributed by atoms with Crippen molar-refractivity contribution >= 4 is 22.8 Å². The number of carbonyl (C=O) groups excluding carboxylic acids is 1. The number of carbonyl (C=O) groups is 1. The van der Waals surface area contributed by atoms with Crippen LogP contribution < -0.4 is 4.74 Å². The van der Waals surface area contributed by atoms with E-state index < -0.39 is 6.04 Å². The highest BCUT2D eigenvalue weighted by atomic mass is 32.2. The van der Waals surface area contributed by atoms with Crippen LogP contribution in [0.3, 0.4) is 0 Å². The van der Waals surface area contributed by atoms with Crippen molar-refractivity contribution in [3.8, 4) is 11.5 Å². The van der Waals surface area contributed by atoms with E-state index in [4.69, 9.17) is 23.7 Å². The lowest BCUT2D eigenvalue weighted by Crippen LogP contribution is -2.19. The second-order valence-corrected chi connectivity index (χ2v) is 6.54. The number of hydrogen-bond acceptors (Lipinski definition) is 9. The fourth-order valence-electron chi connectivity index (χ4n) is 2.24. The van der Waals surface area contributed by atoms with Crippen molar-refractivity contribution in [1.29, 1.82) is 0 Å². The van der Waals surface area contributed by atoms with Gasteiger partial charge in [0.25, 0.3) is 0 Å². The molecule has 9 heteroatoms. The summed E-state index contributed by atoms with van der Waals surface area (Å²) in [5, 5.41) is 10.8. The van der Waals surface area contributed by atoms with Gasteiger partial charge in [-0.1, -0.05) is 13.8 Å². The van der Waals surface area contributed by atoms with Gasteiger partial charge in [-0.25, -0.2) is 4.79 Å².